The number of hydrogen-bond acceptors (Lipinski definition) is 5. The van der Waals surface area contributed by atoms with Crippen molar-refractivity contribution in [2.75, 3.05) is 13.1 Å². The summed E-state index contributed by atoms with van der Waals surface area (Å²) < 4.78 is 33.7. The van der Waals surface area contributed by atoms with Crippen LogP contribution in [0.1, 0.15) is 61.7 Å². The summed E-state index contributed by atoms with van der Waals surface area (Å²) in [7, 11) is -3.60. The summed E-state index contributed by atoms with van der Waals surface area (Å²) in [6.45, 7) is 4.79. The molecule has 8 heteroatoms. The van der Waals surface area contributed by atoms with Crippen LogP contribution in [-0.4, -0.2) is 40.9 Å². The van der Waals surface area contributed by atoms with Crippen LogP contribution in [0.3, 0.4) is 0 Å². The average molecular weight is 364 g/mol. The van der Waals surface area contributed by atoms with Gasteiger partial charge >= 0.3 is 0 Å². The lowest BCUT2D eigenvalue weighted by molar-refractivity contribution is 0.417. The summed E-state index contributed by atoms with van der Waals surface area (Å²) in [6, 6.07) is 0. The lowest BCUT2D eigenvalue weighted by Crippen LogP contribution is -2.32. The summed E-state index contributed by atoms with van der Waals surface area (Å²) in [5.74, 6) is 1.35. The molecule has 7 nitrogen and oxygen atoms in total. The van der Waals surface area contributed by atoms with Crippen molar-refractivity contribution in [3.05, 3.63) is 17.2 Å². The summed E-state index contributed by atoms with van der Waals surface area (Å²) in [5.41, 5.74) is 1.90. The molecule has 0 aromatic carbocycles. The number of nitrogens with one attached hydrogen (secondary N) is 1. The maximum Gasteiger partial charge on any atom is 0.261 e. The number of aryl methyl sites for hydroxylation is 2. The van der Waals surface area contributed by atoms with E-state index >= 15 is 0 Å². The van der Waals surface area contributed by atoms with Gasteiger partial charge in [-0.3, -0.25) is 0 Å². The van der Waals surface area contributed by atoms with E-state index in [-0.39, 0.29) is 4.90 Å². The molecule has 1 N–H and O–H groups in total. The van der Waals surface area contributed by atoms with Crippen LogP contribution in [0, 0.1) is 13.8 Å². The van der Waals surface area contributed by atoms with Crippen LogP contribution in [0.15, 0.2) is 9.42 Å². The van der Waals surface area contributed by atoms with Crippen LogP contribution in [0.25, 0.3) is 11.5 Å². The molecule has 1 saturated carbocycles. The van der Waals surface area contributed by atoms with Gasteiger partial charge in [0.15, 0.2) is 5.82 Å². The van der Waals surface area contributed by atoms with Crippen molar-refractivity contribution in [3.8, 4) is 11.5 Å². The number of rotatable bonds is 4. The van der Waals surface area contributed by atoms with E-state index in [0.717, 1.165) is 44.2 Å². The van der Waals surface area contributed by atoms with Gasteiger partial charge in [0.1, 0.15) is 4.90 Å². The second-order valence-corrected chi connectivity index (χ2v) is 9.00. The molecule has 0 radical (unpaired) electrons. The molecule has 0 unspecified atom stereocenters. The molecule has 2 aliphatic rings. The fraction of sp³-hybridized carbons (Fsp3) is 0.647. The van der Waals surface area contributed by atoms with Crippen LogP contribution in [0.4, 0.5) is 0 Å². The molecule has 0 spiro atoms. The van der Waals surface area contributed by atoms with Crippen LogP contribution in [0.2, 0.25) is 0 Å². The Balaban J connectivity index is 1.78. The van der Waals surface area contributed by atoms with Gasteiger partial charge in [0.25, 0.3) is 5.89 Å². The van der Waals surface area contributed by atoms with Crippen molar-refractivity contribution in [3.63, 3.8) is 0 Å². The Morgan fingerprint density at radius 3 is 2.40 bits per heavy atom. The van der Waals surface area contributed by atoms with E-state index in [9.17, 15) is 8.42 Å². The first-order chi connectivity index (χ1) is 12.0. The number of aromatic nitrogens is 3. The Kier molecular flexibility index (Phi) is 4.19. The van der Waals surface area contributed by atoms with Crippen molar-refractivity contribution < 1.29 is 12.9 Å². The molecule has 0 atom stereocenters. The van der Waals surface area contributed by atoms with E-state index in [1.165, 1.54) is 0 Å². The lowest BCUT2D eigenvalue weighted by atomic mass is 10.2. The van der Waals surface area contributed by atoms with Gasteiger partial charge in [0.2, 0.25) is 10.0 Å². The normalized spacial score (nSPS) is 19.9. The molecule has 1 aliphatic heterocycles. The summed E-state index contributed by atoms with van der Waals surface area (Å²) in [5, 5.41) is 4.05. The molecule has 0 bridgehead atoms. The average Bonchev–Trinajstić information content (AvgIpc) is 3.29. The van der Waals surface area contributed by atoms with Crippen LogP contribution < -0.4 is 0 Å². The van der Waals surface area contributed by atoms with Gasteiger partial charge in [0, 0.05) is 30.4 Å². The molecule has 2 aromatic rings. The highest BCUT2D eigenvalue weighted by Gasteiger charge is 2.35. The number of sulfonamides is 1. The smallest absolute Gasteiger partial charge is 0.261 e. The fourth-order valence-electron chi connectivity index (χ4n) is 3.59. The zero-order valence-electron chi connectivity index (χ0n) is 14.7. The molecule has 4 rings (SSSR count). The van der Waals surface area contributed by atoms with Gasteiger partial charge in [-0.2, -0.15) is 9.29 Å². The van der Waals surface area contributed by atoms with Gasteiger partial charge in [-0.1, -0.05) is 18.0 Å². The Labute approximate surface area is 147 Å². The third kappa shape index (κ3) is 3.01. The second-order valence-electron chi connectivity index (χ2n) is 7.13. The van der Waals surface area contributed by atoms with Gasteiger partial charge in [-0.05, 0) is 39.5 Å². The monoisotopic (exact) mass is 364 g/mol. The van der Waals surface area contributed by atoms with E-state index < -0.39 is 10.0 Å². The largest absolute Gasteiger partial charge is 0.361 e. The molecule has 3 heterocycles. The summed E-state index contributed by atoms with van der Waals surface area (Å²) in [4.78, 5) is 7.92. The zero-order chi connectivity index (χ0) is 17.6. The Morgan fingerprint density at radius 1 is 1.08 bits per heavy atom. The fourth-order valence-corrected chi connectivity index (χ4v) is 5.53. The van der Waals surface area contributed by atoms with Crippen LogP contribution >= 0.6 is 0 Å². The van der Waals surface area contributed by atoms with Gasteiger partial charge in [-0.15, -0.1) is 0 Å². The van der Waals surface area contributed by atoms with Gasteiger partial charge in [0.05, 0.1) is 5.56 Å². The molecule has 1 aliphatic carbocycles. The SMILES string of the molecule is Cc1[nH]c(C)c(S(=O)(=O)N2CCCCCC2)c1-c1nc(C2CC2)no1. The van der Waals surface area contributed by atoms with Gasteiger partial charge < -0.3 is 9.51 Å². The Hall–Kier alpha value is -1.67. The minimum absolute atomic E-state index is 0.290. The molecule has 2 fully saturated rings. The molecule has 1 saturated heterocycles. The first-order valence-corrected chi connectivity index (χ1v) is 10.5. The van der Waals surface area contributed by atoms with Crippen molar-refractivity contribution in [2.24, 2.45) is 0 Å². The number of nitrogens with zero attached hydrogens (tertiary/aromatic N) is 3. The maximum atomic E-state index is 13.3. The minimum Gasteiger partial charge on any atom is -0.361 e. The minimum atomic E-state index is -3.60. The summed E-state index contributed by atoms with van der Waals surface area (Å²) in [6.07, 6.45) is 6.12. The Morgan fingerprint density at radius 2 is 1.76 bits per heavy atom. The third-order valence-electron chi connectivity index (χ3n) is 5.08. The van der Waals surface area contributed by atoms with E-state index in [2.05, 4.69) is 15.1 Å². The topological polar surface area (TPSA) is 92.1 Å². The standard InChI is InChI=1S/C17H24N4O3S/c1-11-14(17-19-16(20-24-17)13-7-8-13)15(12(2)18-11)25(22,23)21-9-5-3-4-6-10-21/h13,18H,3-10H2,1-2H3. The number of hydrogen-bond donors (Lipinski definition) is 1. The van der Waals surface area contributed by atoms with Crippen molar-refractivity contribution >= 4 is 10.0 Å². The second kappa shape index (κ2) is 6.25. The van der Waals surface area contributed by atoms with E-state index in [0.29, 0.717) is 42.0 Å². The number of aromatic amines is 1. The molecule has 25 heavy (non-hydrogen) atoms. The predicted molar refractivity (Wildman–Crippen MR) is 92.8 cm³/mol. The number of H-pyrrole nitrogens is 1. The molecule has 136 valence electrons. The molecule has 0 amide bonds. The zero-order valence-corrected chi connectivity index (χ0v) is 15.5. The molecular weight excluding hydrogens is 340 g/mol. The van der Waals surface area contributed by atoms with Crippen molar-refractivity contribution in [1.29, 1.82) is 0 Å². The van der Waals surface area contributed by atoms with E-state index in [1.54, 1.807) is 11.2 Å². The van der Waals surface area contributed by atoms with Gasteiger partial charge in [-0.25, -0.2) is 8.42 Å². The van der Waals surface area contributed by atoms with Crippen LogP contribution in [0.5, 0.6) is 0 Å². The maximum absolute atomic E-state index is 13.3. The van der Waals surface area contributed by atoms with E-state index in [4.69, 9.17) is 4.52 Å². The highest BCUT2D eigenvalue weighted by molar-refractivity contribution is 7.89. The van der Waals surface area contributed by atoms with Crippen molar-refractivity contribution in [1.82, 2.24) is 19.4 Å². The van der Waals surface area contributed by atoms with Crippen molar-refractivity contribution in [2.45, 2.75) is 63.2 Å². The predicted octanol–water partition coefficient (Wildman–Crippen LogP) is 3.12. The quantitative estimate of drug-likeness (QED) is 0.900. The highest BCUT2D eigenvalue weighted by Crippen LogP contribution is 2.40. The molecular formula is C17H24N4O3S. The summed E-state index contributed by atoms with van der Waals surface area (Å²) >= 11 is 0. The Bertz CT molecular complexity index is 872. The van der Waals surface area contributed by atoms with E-state index in [1.807, 2.05) is 6.92 Å². The van der Waals surface area contributed by atoms with Crippen LogP contribution in [-0.2, 0) is 10.0 Å². The third-order valence-corrected chi connectivity index (χ3v) is 7.15. The first-order valence-electron chi connectivity index (χ1n) is 9.02. The first kappa shape index (κ1) is 16.8. The highest BCUT2D eigenvalue weighted by atomic mass is 32.2. The molecule has 2 aromatic heterocycles. The lowest BCUT2D eigenvalue weighted by Gasteiger charge is -2.20.